The third kappa shape index (κ3) is 1.89. The predicted octanol–water partition coefficient (Wildman–Crippen LogP) is 2.75. The van der Waals surface area contributed by atoms with E-state index in [9.17, 15) is 0 Å². The highest BCUT2D eigenvalue weighted by Crippen LogP contribution is 2.30. The lowest BCUT2D eigenvalue weighted by Crippen LogP contribution is -2.25. The summed E-state index contributed by atoms with van der Waals surface area (Å²) in [4.78, 5) is 0. The van der Waals surface area contributed by atoms with E-state index in [1.54, 1.807) is 0 Å². The van der Waals surface area contributed by atoms with E-state index in [1.807, 2.05) is 19.1 Å². The zero-order valence-electron chi connectivity index (χ0n) is 8.26. The van der Waals surface area contributed by atoms with Crippen LogP contribution in [0.3, 0.4) is 0 Å². The molecule has 0 saturated heterocycles. The van der Waals surface area contributed by atoms with Crippen LogP contribution in [0, 0.1) is 12.3 Å². The summed E-state index contributed by atoms with van der Waals surface area (Å²) in [6, 6.07) is 4.04. The second-order valence-electron chi connectivity index (χ2n) is 4.36. The van der Waals surface area contributed by atoms with Crippen molar-refractivity contribution in [2.24, 2.45) is 11.1 Å². The van der Waals surface area contributed by atoms with Gasteiger partial charge in [0.25, 0.3) is 5.76 Å². The van der Waals surface area contributed by atoms with Crippen molar-refractivity contribution in [1.29, 1.82) is 0 Å². The van der Waals surface area contributed by atoms with E-state index in [0.29, 0.717) is 0 Å². The number of rotatable bonds is 1. The van der Waals surface area contributed by atoms with Crippen LogP contribution >= 0.6 is 0 Å². The molecule has 0 unspecified atom stereocenters. The summed E-state index contributed by atoms with van der Waals surface area (Å²) in [5.74, 6) is 2.05. The maximum Gasteiger partial charge on any atom is 0.253 e. The smallest absolute Gasteiger partial charge is 0.253 e. The number of aryl methyl sites for hydroxylation is 1. The highest BCUT2D eigenvalue weighted by Gasteiger charge is 2.28. The Labute approximate surface area is 73.8 Å². The van der Waals surface area contributed by atoms with Gasteiger partial charge in [0.05, 0.1) is 0 Å². The van der Waals surface area contributed by atoms with Crippen molar-refractivity contribution < 1.29 is 4.42 Å². The molecule has 2 heteroatoms. The first-order valence-corrected chi connectivity index (χ1v) is 4.27. The van der Waals surface area contributed by atoms with Crippen molar-refractivity contribution in [2.45, 2.75) is 33.7 Å². The Hall–Kier alpha value is -0.760. The van der Waals surface area contributed by atoms with E-state index in [4.69, 9.17) is 5.73 Å². The molecule has 0 bridgehead atoms. The van der Waals surface area contributed by atoms with Crippen molar-refractivity contribution in [3.8, 4) is 0 Å². The molecule has 0 aromatic carbocycles. The molecule has 68 valence electrons. The average molecular weight is 168 g/mol. The van der Waals surface area contributed by atoms with Crippen LogP contribution in [0.4, 0.5) is 0 Å². The van der Waals surface area contributed by atoms with Gasteiger partial charge < -0.3 is 10.2 Å². The first-order valence-electron chi connectivity index (χ1n) is 4.27. The molecule has 1 aromatic rings. The van der Waals surface area contributed by atoms with Gasteiger partial charge in [0.2, 0.25) is 5.76 Å². The zero-order chi connectivity index (χ0) is 9.35. The number of furan rings is 1. The largest absolute Gasteiger partial charge is 0.551 e. The Morgan fingerprint density at radius 1 is 1.33 bits per heavy atom. The molecule has 1 rings (SSSR count). The fraction of sp³-hybridized carbons (Fsp3) is 0.600. The van der Waals surface area contributed by atoms with E-state index >= 15 is 0 Å². The Bertz CT molecular complexity index is 257. The lowest BCUT2D eigenvalue weighted by atomic mass is 9.86. The Morgan fingerprint density at radius 3 is 2.25 bits per heavy atom. The minimum atomic E-state index is 0.0335. The van der Waals surface area contributed by atoms with Gasteiger partial charge in [-0.2, -0.15) is 0 Å². The molecule has 0 amide bonds. The van der Waals surface area contributed by atoms with Crippen LogP contribution in [0.1, 0.15) is 38.3 Å². The van der Waals surface area contributed by atoms with Crippen LogP contribution in [0.25, 0.3) is 0 Å². The molecular formula is C10H18NO+. The summed E-state index contributed by atoms with van der Waals surface area (Å²) < 4.78 is 4.35. The van der Waals surface area contributed by atoms with Crippen LogP contribution in [-0.4, -0.2) is 0 Å². The van der Waals surface area contributed by atoms with E-state index < -0.39 is 0 Å². The maximum atomic E-state index is 6.02. The molecule has 0 fully saturated rings. The molecule has 0 aliphatic heterocycles. The first kappa shape index (κ1) is 9.33. The highest BCUT2D eigenvalue weighted by molar-refractivity contribution is 5.11. The van der Waals surface area contributed by atoms with Crippen LogP contribution in [-0.2, 0) is 0 Å². The van der Waals surface area contributed by atoms with Gasteiger partial charge in [-0.25, -0.2) is 0 Å². The van der Waals surface area contributed by atoms with Gasteiger partial charge in [-0.15, -0.1) is 0 Å². The molecule has 0 saturated carbocycles. The molecule has 1 atom stereocenters. The second kappa shape index (κ2) is 2.94. The molecule has 0 aliphatic rings. The third-order valence-electron chi connectivity index (χ3n) is 2.05. The monoisotopic (exact) mass is 168 g/mol. The van der Waals surface area contributed by atoms with Gasteiger partial charge in [0.1, 0.15) is 6.04 Å². The quantitative estimate of drug-likeness (QED) is 0.643. The Balaban J connectivity index is 2.85. The lowest BCUT2D eigenvalue weighted by molar-refractivity contribution is 0.282. The zero-order valence-corrected chi connectivity index (χ0v) is 8.26. The first-order chi connectivity index (χ1) is 5.41. The van der Waals surface area contributed by atoms with Gasteiger partial charge in [-0.1, -0.05) is 20.8 Å². The van der Waals surface area contributed by atoms with Crippen molar-refractivity contribution in [1.82, 2.24) is 0 Å². The van der Waals surface area contributed by atoms with Gasteiger partial charge in [-0.3, -0.25) is 0 Å². The summed E-state index contributed by atoms with van der Waals surface area (Å²) >= 11 is 0. The predicted molar refractivity (Wildman–Crippen MR) is 50.9 cm³/mol. The van der Waals surface area contributed by atoms with Gasteiger partial charge in [0.15, 0.2) is 0 Å². The van der Waals surface area contributed by atoms with E-state index in [2.05, 4.69) is 25.2 Å². The van der Waals surface area contributed by atoms with Crippen molar-refractivity contribution >= 4 is 0 Å². The van der Waals surface area contributed by atoms with Crippen molar-refractivity contribution in [2.75, 3.05) is 0 Å². The SMILES string of the molecule is Cc1ccc([C@H](N)C(C)(C)C)[oH+]1. The fourth-order valence-corrected chi connectivity index (χ4v) is 1.10. The molecule has 0 spiro atoms. The average Bonchev–Trinajstić information content (AvgIpc) is 2.32. The molecule has 0 aliphatic carbocycles. The van der Waals surface area contributed by atoms with Crippen molar-refractivity contribution in [3.63, 3.8) is 0 Å². The number of hydrogen-bond acceptors (Lipinski definition) is 1. The van der Waals surface area contributed by atoms with Gasteiger partial charge in [-0.05, 0) is 5.41 Å². The van der Waals surface area contributed by atoms with E-state index in [1.165, 1.54) is 0 Å². The van der Waals surface area contributed by atoms with Crippen LogP contribution in [0.5, 0.6) is 0 Å². The second-order valence-corrected chi connectivity index (χ2v) is 4.36. The third-order valence-corrected chi connectivity index (χ3v) is 2.05. The summed E-state index contributed by atoms with van der Waals surface area (Å²) in [6.07, 6.45) is 0. The molecule has 12 heavy (non-hydrogen) atoms. The maximum absolute atomic E-state index is 6.02. The highest BCUT2D eigenvalue weighted by atomic mass is 16.3. The standard InChI is InChI=1S/C10H17NO/c1-7-5-6-8(12-7)9(11)10(2,3)4/h5-6,9H,11H2,1-4H3/p+1/t9-/m0/s1. The summed E-state index contributed by atoms with van der Waals surface area (Å²) in [5.41, 5.74) is 6.11. The van der Waals surface area contributed by atoms with Crippen LogP contribution < -0.4 is 5.73 Å². The molecule has 0 radical (unpaired) electrons. The molecular weight excluding hydrogens is 150 g/mol. The van der Waals surface area contributed by atoms with Crippen LogP contribution in [0.15, 0.2) is 16.5 Å². The molecule has 2 nitrogen and oxygen atoms in total. The van der Waals surface area contributed by atoms with Crippen molar-refractivity contribution in [3.05, 3.63) is 23.7 Å². The minimum absolute atomic E-state index is 0.0335. The lowest BCUT2D eigenvalue weighted by Gasteiger charge is -2.22. The molecule has 1 aromatic heterocycles. The summed E-state index contributed by atoms with van der Waals surface area (Å²) in [7, 11) is 0. The number of nitrogens with two attached hydrogens (primary N) is 1. The fourth-order valence-electron chi connectivity index (χ4n) is 1.10. The topological polar surface area (TPSA) is 38.8 Å². The Kier molecular flexibility index (Phi) is 2.29. The summed E-state index contributed by atoms with van der Waals surface area (Å²) in [5, 5.41) is 0. The summed E-state index contributed by atoms with van der Waals surface area (Å²) in [6.45, 7) is 8.36. The Morgan fingerprint density at radius 2 is 1.92 bits per heavy atom. The van der Waals surface area contributed by atoms with Crippen LogP contribution in [0.2, 0.25) is 0 Å². The van der Waals surface area contributed by atoms with Gasteiger partial charge in [0, 0.05) is 19.1 Å². The number of hydrogen-bond donors (Lipinski definition) is 1. The van der Waals surface area contributed by atoms with E-state index in [0.717, 1.165) is 11.5 Å². The van der Waals surface area contributed by atoms with Gasteiger partial charge >= 0.3 is 0 Å². The normalized spacial score (nSPS) is 14.8. The van der Waals surface area contributed by atoms with E-state index in [-0.39, 0.29) is 11.5 Å². The molecule has 3 N–H and O–H groups in total. The molecule has 1 heterocycles. The minimum Gasteiger partial charge on any atom is -0.551 e.